The quantitative estimate of drug-likeness (QED) is 0.836. The second kappa shape index (κ2) is 5.19. The number of nitrogens with zero attached hydrogens (tertiary/aromatic N) is 1. The summed E-state index contributed by atoms with van der Waals surface area (Å²) in [6, 6.07) is 7.94. The van der Waals surface area contributed by atoms with Crippen molar-refractivity contribution in [3.8, 4) is 11.4 Å². The van der Waals surface area contributed by atoms with Crippen LogP contribution in [0.1, 0.15) is 20.3 Å². The number of rotatable bonds is 4. The van der Waals surface area contributed by atoms with E-state index in [1.807, 2.05) is 41.2 Å². The molecular formula is C13H16N2OS. The van der Waals surface area contributed by atoms with Crippen LogP contribution in [-0.2, 0) is 0 Å². The molecule has 2 aromatic rings. The molecule has 0 aliphatic rings. The molecule has 0 aliphatic carbocycles. The van der Waals surface area contributed by atoms with Crippen LogP contribution in [0.15, 0.2) is 36.7 Å². The minimum atomic E-state index is 0.226. The second-order valence-electron chi connectivity index (χ2n) is 3.97. The maximum Gasteiger partial charge on any atom is 0.181 e. The Kier molecular flexibility index (Phi) is 3.64. The van der Waals surface area contributed by atoms with Gasteiger partial charge in [0.25, 0.3) is 0 Å². The van der Waals surface area contributed by atoms with Crippen LogP contribution in [0.25, 0.3) is 5.69 Å². The van der Waals surface area contributed by atoms with Crippen LogP contribution < -0.4 is 4.74 Å². The van der Waals surface area contributed by atoms with Crippen molar-refractivity contribution in [3.05, 3.63) is 41.4 Å². The normalized spacial score (nSPS) is 12.4. The molecule has 0 amide bonds. The number of hydrogen-bond donors (Lipinski definition) is 1. The van der Waals surface area contributed by atoms with E-state index in [0.717, 1.165) is 17.9 Å². The van der Waals surface area contributed by atoms with Crippen molar-refractivity contribution in [1.82, 2.24) is 9.55 Å². The van der Waals surface area contributed by atoms with Gasteiger partial charge in [-0.05, 0) is 37.7 Å². The molecule has 2 rings (SSSR count). The van der Waals surface area contributed by atoms with Gasteiger partial charge < -0.3 is 9.72 Å². The monoisotopic (exact) mass is 248 g/mol. The van der Waals surface area contributed by atoms with Crippen molar-refractivity contribution >= 4 is 12.2 Å². The van der Waals surface area contributed by atoms with E-state index in [4.69, 9.17) is 17.0 Å². The fourth-order valence-corrected chi connectivity index (χ4v) is 1.78. The molecule has 1 heterocycles. The molecule has 0 fully saturated rings. The topological polar surface area (TPSA) is 29.9 Å². The highest BCUT2D eigenvalue weighted by atomic mass is 32.1. The Bertz CT molecular complexity index is 544. The summed E-state index contributed by atoms with van der Waals surface area (Å²) in [7, 11) is 0. The van der Waals surface area contributed by atoms with Crippen molar-refractivity contribution in [2.24, 2.45) is 0 Å². The number of hydrogen-bond acceptors (Lipinski definition) is 2. The van der Waals surface area contributed by atoms with E-state index < -0.39 is 0 Å². The average molecular weight is 248 g/mol. The summed E-state index contributed by atoms with van der Waals surface area (Å²) in [5.41, 5.74) is 1.01. The number of H-pyrrole nitrogens is 1. The predicted molar refractivity (Wildman–Crippen MR) is 71.3 cm³/mol. The highest BCUT2D eigenvalue weighted by molar-refractivity contribution is 7.71. The van der Waals surface area contributed by atoms with Gasteiger partial charge in [-0.25, -0.2) is 0 Å². The molecule has 1 unspecified atom stereocenters. The first-order valence-corrected chi connectivity index (χ1v) is 6.14. The van der Waals surface area contributed by atoms with E-state index in [2.05, 4.69) is 18.8 Å². The van der Waals surface area contributed by atoms with Crippen LogP contribution >= 0.6 is 12.2 Å². The lowest BCUT2D eigenvalue weighted by Gasteiger charge is -2.13. The number of imidazole rings is 1. The molecule has 17 heavy (non-hydrogen) atoms. The summed E-state index contributed by atoms with van der Waals surface area (Å²) in [4.78, 5) is 2.98. The van der Waals surface area contributed by atoms with Gasteiger partial charge in [0.15, 0.2) is 4.77 Å². The lowest BCUT2D eigenvalue weighted by atomic mass is 10.2. The molecule has 90 valence electrons. The molecule has 1 atom stereocenters. The maximum absolute atomic E-state index is 5.78. The molecule has 0 spiro atoms. The van der Waals surface area contributed by atoms with Gasteiger partial charge in [0.1, 0.15) is 5.75 Å². The average Bonchev–Trinajstić information content (AvgIpc) is 2.75. The van der Waals surface area contributed by atoms with Crippen LogP contribution in [0.4, 0.5) is 0 Å². The molecular weight excluding hydrogens is 232 g/mol. The number of nitrogens with one attached hydrogen (secondary N) is 1. The van der Waals surface area contributed by atoms with Crippen LogP contribution in [-0.4, -0.2) is 15.7 Å². The Balaban J connectivity index is 2.29. The summed E-state index contributed by atoms with van der Waals surface area (Å²) in [5.74, 6) is 0.875. The van der Waals surface area contributed by atoms with Gasteiger partial charge in [-0.15, -0.1) is 0 Å². The van der Waals surface area contributed by atoms with Gasteiger partial charge >= 0.3 is 0 Å². The number of ether oxygens (including phenoxy) is 1. The molecule has 0 aliphatic heterocycles. The van der Waals surface area contributed by atoms with Gasteiger partial charge in [0.2, 0.25) is 0 Å². The van der Waals surface area contributed by atoms with Crippen molar-refractivity contribution in [3.63, 3.8) is 0 Å². The van der Waals surface area contributed by atoms with Gasteiger partial charge in [-0.1, -0.05) is 13.0 Å². The minimum absolute atomic E-state index is 0.226. The van der Waals surface area contributed by atoms with Crippen LogP contribution in [0.2, 0.25) is 0 Å². The first-order chi connectivity index (χ1) is 8.20. The second-order valence-corrected chi connectivity index (χ2v) is 4.36. The molecule has 4 heteroatoms. The highest BCUT2D eigenvalue weighted by Gasteiger charge is 2.03. The zero-order chi connectivity index (χ0) is 12.3. The highest BCUT2D eigenvalue weighted by Crippen LogP contribution is 2.18. The summed E-state index contributed by atoms with van der Waals surface area (Å²) in [5, 5.41) is 0. The fourth-order valence-electron chi connectivity index (χ4n) is 1.55. The van der Waals surface area contributed by atoms with Crippen molar-refractivity contribution in [2.45, 2.75) is 26.4 Å². The number of benzene rings is 1. The van der Waals surface area contributed by atoms with E-state index in [1.54, 1.807) is 0 Å². The van der Waals surface area contributed by atoms with Gasteiger partial charge in [0.05, 0.1) is 11.8 Å². The first kappa shape index (κ1) is 11.9. The van der Waals surface area contributed by atoms with E-state index in [-0.39, 0.29) is 6.10 Å². The summed E-state index contributed by atoms with van der Waals surface area (Å²) >= 11 is 5.19. The molecule has 1 aromatic heterocycles. The Labute approximate surface area is 106 Å². The summed E-state index contributed by atoms with van der Waals surface area (Å²) < 4.78 is 8.39. The third-order valence-electron chi connectivity index (χ3n) is 2.66. The molecule has 1 N–H and O–H groups in total. The maximum atomic E-state index is 5.78. The van der Waals surface area contributed by atoms with Crippen molar-refractivity contribution in [2.75, 3.05) is 0 Å². The van der Waals surface area contributed by atoms with E-state index in [9.17, 15) is 0 Å². The Morgan fingerprint density at radius 2 is 2.29 bits per heavy atom. The Morgan fingerprint density at radius 1 is 1.47 bits per heavy atom. The number of aromatic nitrogens is 2. The lowest BCUT2D eigenvalue weighted by molar-refractivity contribution is 0.217. The summed E-state index contributed by atoms with van der Waals surface area (Å²) in [6.45, 7) is 4.17. The fraction of sp³-hybridized carbons (Fsp3) is 0.308. The molecule has 0 saturated carbocycles. The SMILES string of the molecule is CCC(C)Oc1cccc(-n2cc[nH]c2=S)c1. The van der Waals surface area contributed by atoms with Gasteiger partial charge in [0, 0.05) is 18.5 Å². The van der Waals surface area contributed by atoms with E-state index in [1.165, 1.54) is 0 Å². The largest absolute Gasteiger partial charge is 0.491 e. The van der Waals surface area contributed by atoms with Crippen molar-refractivity contribution < 1.29 is 4.74 Å². The smallest absolute Gasteiger partial charge is 0.181 e. The zero-order valence-electron chi connectivity index (χ0n) is 10.0. The Hall–Kier alpha value is -1.55. The lowest BCUT2D eigenvalue weighted by Crippen LogP contribution is -2.09. The van der Waals surface area contributed by atoms with E-state index >= 15 is 0 Å². The summed E-state index contributed by atoms with van der Waals surface area (Å²) in [6.07, 6.45) is 4.95. The predicted octanol–water partition coefficient (Wildman–Crippen LogP) is 3.71. The van der Waals surface area contributed by atoms with E-state index in [0.29, 0.717) is 4.77 Å². The molecule has 0 saturated heterocycles. The van der Waals surface area contributed by atoms with Crippen LogP contribution in [0.5, 0.6) is 5.75 Å². The third-order valence-corrected chi connectivity index (χ3v) is 2.97. The third kappa shape index (κ3) is 2.77. The van der Waals surface area contributed by atoms with Crippen LogP contribution in [0, 0.1) is 4.77 Å². The van der Waals surface area contributed by atoms with Crippen LogP contribution in [0.3, 0.4) is 0 Å². The van der Waals surface area contributed by atoms with Gasteiger partial charge in [-0.2, -0.15) is 0 Å². The van der Waals surface area contributed by atoms with Crippen molar-refractivity contribution in [1.29, 1.82) is 0 Å². The van der Waals surface area contributed by atoms with Gasteiger partial charge in [-0.3, -0.25) is 4.57 Å². The molecule has 3 nitrogen and oxygen atoms in total. The molecule has 0 bridgehead atoms. The minimum Gasteiger partial charge on any atom is -0.491 e. The zero-order valence-corrected chi connectivity index (χ0v) is 10.8. The standard InChI is InChI=1S/C13H16N2OS/c1-3-10(2)16-12-6-4-5-11(9-12)15-8-7-14-13(15)17/h4-10H,3H2,1-2H3,(H,14,17). The number of aromatic amines is 1. The molecule has 0 radical (unpaired) electrons. The Morgan fingerprint density at radius 3 is 2.94 bits per heavy atom. The first-order valence-electron chi connectivity index (χ1n) is 5.74. The molecule has 1 aromatic carbocycles.